The van der Waals surface area contributed by atoms with Crippen LogP contribution in [0.15, 0.2) is 12.1 Å². The molecule has 1 atom stereocenters. The van der Waals surface area contributed by atoms with E-state index in [1.807, 2.05) is 13.1 Å². The lowest BCUT2D eigenvalue weighted by Gasteiger charge is -2.26. The van der Waals surface area contributed by atoms with Crippen molar-refractivity contribution in [1.82, 2.24) is 5.32 Å². The van der Waals surface area contributed by atoms with Gasteiger partial charge in [-0.1, -0.05) is 12.1 Å². The van der Waals surface area contributed by atoms with Gasteiger partial charge in [-0.25, -0.2) is 4.39 Å². The van der Waals surface area contributed by atoms with Crippen LogP contribution in [0.2, 0.25) is 0 Å². The predicted octanol–water partition coefficient (Wildman–Crippen LogP) is 2.18. The van der Waals surface area contributed by atoms with Crippen LogP contribution in [0.25, 0.3) is 0 Å². The van der Waals surface area contributed by atoms with Gasteiger partial charge in [0.1, 0.15) is 0 Å². The number of hydrogen-bond donors (Lipinski definition) is 1. The lowest BCUT2D eigenvalue weighted by molar-refractivity contribution is 0.244. The maximum absolute atomic E-state index is 13.6. The summed E-state index contributed by atoms with van der Waals surface area (Å²) in [6.07, 6.45) is 0.895. The number of aryl methyl sites for hydroxylation is 1. The Morgan fingerprint density at radius 1 is 1.50 bits per heavy atom. The number of fused-ring (bicyclic) bond motifs is 1. The van der Waals surface area contributed by atoms with Gasteiger partial charge in [0.2, 0.25) is 0 Å². The van der Waals surface area contributed by atoms with Gasteiger partial charge in [0, 0.05) is 18.0 Å². The number of ether oxygens (including phenoxy) is 1. The first-order valence-corrected chi connectivity index (χ1v) is 4.83. The highest BCUT2D eigenvalue weighted by molar-refractivity contribution is 5.42. The van der Waals surface area contributed by atoms with Gasteiger partial charge in [-0.2, -0.15) is 0 Å². The van der Waals surface area contributed by atoms with E-state index in [2.05, 4.69) is 5.32 Å². The van der Waals surface area contributed by atoms with Gasteiger partial charge in [-0.3, -0.25) is 0 Å². The van der Waals surface area contributed by atoms with Crippen molar-refractivity contribution in [2.24, 2.45) is 0 Å². The molecule has 14 heavy (non-hydrogen) atoms. The SMILES string of the molecule is CNC1CCOc2c1ccc(C)c2F. The molecule has 1 aliphatic rings. The summed E-state index contributed by atoms with van der Waals surface area (Å²) in [7, 11) is 1.89. The smallest absolute Gasteiger partial charge is 0.168 e. The molecule has 0 bridgehead atoms. The fourth-order valence-corrected chi connectivity index (χ4v) is 1.82. The summed E-state index contributed by atoms with van der Waals surface area (Å²) in [5.74, 6) is 0.207. The number of hydrogen-bond acceptors (Lipinski definition) is 2. The molecule has 2 nitrogen and oxygen atoms in total. The Balaban J connectivity index is 2.50. The fourth-order valence-electron chi connectivity index (χ4n) is 1.82. The van der Waals surface area contributed by atoms with Crippen molar-refractivity contribution in [3.05, 3.63) is 29.1 Å². The van der Waals surface area contributed by atoms with Crippen LogP contribution in [0.1, 0.15) is 23.6 Å². The molecular formula is C11H14FNO. The summed E-state index contributed by atoms with van der Waals surface area (Å²) < 4.78 is 19.0. The van der Waals surface area contributed by atoms with Crippen molar-refractivity contribution in [1.29, 1.82) is 0 Å². The molecule has 2 rings (SSSR count). The molecule has 0 saturated heterocycles. The molecule has 0 fully saturated rings. The van der Waals surface area contributed by atoms with Gasteiger partial charge in [-0.05, 0) is 19.5 Å². The number of benzene rings is 1. The lowest BCUT2D eigenvalue weighted by Crippen LogP contribution is -2.24. The van der Waals surface area contributed by atoms with Crippen LogP contribution in [-0.4, -0.2) is 13.7 Å². The van der Waals surface area contributed by atoms with Gasteiger partial charge in [0.15, 0.2) is 11.6 Å². The second kappa shape index (κ2) is 3.58. The third-order valence-corrected chi connectivity index (χ3v) is 2.70. The molecule has 0 aromatic heterocycles. The van der Waals surface area contributed by atoms with Crippen LogP contribution in [0.5, 0.6) is 5.75 Å². The molecule has 0 aliphatic carbocycles. The number of halogens is 1. The van der Waals surface area contributed by atoms with E-state index in [9.17, 15) is 4.39 Å². The zero-order valence-electron chi connectivity index (χ0n) is 8.43. The second-order valence-corrected chi connectivity index (χ2v) is 3.59. The average molecular weight is 195 g/mol. The molecule has 1 aromatic rings. The summed E-state index contributed by atoms with van der Waals surface area (Å²) in [6.45, 7) is 2.33. The molecule has 1 aromatic carbocycles. The Bertz CT molecular complexity index is 351. The van der Waals surface area contributed by atoms with Crippen molar-refractivity contribution in [2.75, 3.05) is 13.7 Å². The third kappa shape index (κ3) is 1.38. The molecule has 1 aliphatic heterocycles. The summed E-state index contributed by atoms with van der Waals surface area (Å²) in [5, 5.41) is 3.16. The zero-order valence-corrected chi connectivity index (χ0v) is 8.43. The highest BCUT2D eigenvalue weighted by Crippen LogP contribution is 2.35. The van der Waals surface area contributed by atoms with Crippen LogP contribution < -0.4 is 10.1 Å². The van der Waals surface area contributed by atoms with Crippen LogP contribution in [0.4, 0.5) is 4.39 Å². The molecule has 3 heteroatoms. The first kappa shape index (κ1) is 9.46. The number of nitrogens with one attached hydrogen (secondary N) is 1. The monoisotopic (exact) mass is 195 g/mol. The highest BCUT2D eigenvalue weighted by Gasteiger charge is 2.23. The van der Waals surface area contributed by atoms with Crippen molar-refractivity contribution >= 4 is 0 Å². The van der Waals surface area contributed by atoms with E-state index >= 15 is 0 Å². The fraction of sp³-hybridized carbons (Fsp3) is 0.455. The van der Waals surface area contributed by atoms with E-state index in [0.717, 1.165) is 12.0 Å². The Morgan fingerprint density at radius 3 is 3.00 bits per heavy atom. The maximum Gasteiger partial charge on any atom is 0.168 e. The normalized spacial score (nSPS) is 20.1. The van der Waals surface area contributed by atoms with E-state index < -0.39 is 0 Å². The topological polar surface area (TPSA) is 21.3 Å². The minimum atomic E-state index is -0.220. The van der Waals surface area contributed by atoms with Crippen molar-refractivity contribution < 1.29 is 9.13 Å². The quantitative estimate of drug-likeness (QED) is 0.741. The van der Waals surface area contributed by atoms with Crippen molar-refractivity contribution in [3.63, 3.8) is 0 Å². The van der Waals surface area contributed by atoms with Crippen molar-refractivity contribution in [2.45, 2.75) is 19.4 Å². The lowest BCUT2D eigenvalue weighted by atomic mass is 9.99. The Morgan fingerprint density at radius 2 is 2.29 bits per heavy atom. The first-order chi connectivity index (χ1) is 6.74. The largest absolute Gasteiger partial charge is 0.490 e. The van der Waals surface area contributed by atoms with Gasteiger partial charge in [-0.15, -0.1) is 0 Å². The standard InChI is InChI=1S/C11H14FNO/c1-7-3-4-8-9(13-2)5-6-14-11(8)10(7)12/h3-4,9,13H,5-6H2,1-2H3. The Hall–Kier alpha value is -1.09. The summed E-state index contributed by atoms with van der Waals surface area (Å²) in [5.41, 5.74) is 1.57. The van der Waals surface area contributed by atoms with Crippen LogP contribution >= 0.6 is 0 Å². The molecule has 1 heterocycles. The van der Waals surface area contributed by atoms with Crippen LogP contribution in [0, 0.1) is 12.7 Å². The van der Waals surface area contributed by atoms with Gasteiger partial charge < -0.3 is 10.1 Å². The van der Waals surface area contributed by atoms with Crippen molar-refractivity contribution in [3.8, 4) is 5.75 Å². The third-order valence-electron chi connectivity index (χ3n) is 2.70. The Kier molecular flexibility index (Phi) is 2.42. The van der Waals surface area contributed by atoms with E-state index in [1.165, 1.54) is 0 Å². The van der Waals surface area contributed by atoms with E-state index in [-0.39, 0.29) is 11.9 Å². The molecule has 1 N–H and O–H groups in total. The van der Waals surface area contributed by atoms with Gasteiger partial charge in [0.05, 0.1) is 6.61 Å². The average Bonchev–Trinajstić information content (AvgIpc) is 2.23. The predicted molar refractivity (Wildman–Crippen MR) is 53.0 cm³/mol. The minimum Gasteiger partial charge on any atom is -0.490 e. The molecular weight excluding hydrogens is 181 g/mol. The Labute approximate surface area is 83.1 Å². The second-order valence-electron chi connectivity index (χ2n) is 3.59. The van der Waals surface area contributed by atoms with Gasteiger partial charge in [0.25, 0.3) is 0 Å². The summed E-state index contributed by atoms with van der Waals surface area (Å²) in [6, 6.07) is 3.95. The maximum atomic E-state index is 13.6. The molecule has 1 unspecified atom stereocenters. The highest BCUT2D eigenvalue weighted by atomic mass is 19.1. The molecule has 0 radical (unpaired) electrons. The van der Waals surface area contributed by atoms with Gasteiger partial charge >= 0.3 is 0 Å². The number of rotatable bonds is 1. The van der Waals surface area contributed by atoms with E-state index in [1.54, 1.807) is 13.0 Å². The summed E-state index contributed by atoms with van der Waals surface area (Å²) >= 11 is 0. The summed E-state index contributed by atoms with van der Waals surface area (Å²) in [4.78, 5) is 0. The minimum absolute atomic E-state index is 0.217. The van der Waals surface area contributed by atoms with E-state index in [0.29, 0.717) is 17.9 Å². The van der Waals surface area contributed by atoms with Crippen LogP contribution in [0.3, 0.4) is 0 Å². The first-order valence-electron chi connectivity index (χ1n) is 4.83. The zero-order chi connectivity index (χ0) is 10.1. The van der Waals surface area contributed by atoms with Crippen LogP contribution in [-0.2, 0) is 0 Å². The molecule has 76 valence electrons. The molecule has 0 spiro atoms. The molecule has 0 amide bonds. The van der Waals surface area contributed by atoms with E-state index in [4.69, 9.17) is 4.74 Å². The molecule has 0 saturated carbocycles.